The Bertz CT molecular complexity index is 173. The van der Waals surface area contributed by atoms with Crippen molar-refractivity contribution in [2.45, 2.75) is 41.5 Å². The van der Waals surface area contributed by atoms with E-state index < -0.39 is 0 Å². The number of carbonyl (C=O) groups is 1. The summed E-state index contributed by atoms with van der Waals surface area (Å²) in [6, 6.07) is 0. The normalized spacial score (nSPS) is 14.4. The molecule has 13 heavy (non-hydrogen) atoms. The Morgan fingerprint density at radius 2 is 1.77 bits per heavy atom. The van der Waals surface area contributed by atoms with Crippen LogP contribution in [0.25, 0.3) is 0 Å². The van der Waals surface area contributed by atoms with Crippen LogP contribution in [0.2, 0.25) is 0 Å². The van der Waals surface area contributed by atoms with E-state index in [1.54, 1.807) is 6.92 Å². The molecule has 0 bridgehead atoms. The average molecular weight is 185 g/mol. The summed E-state index contributed by atoms with van der Waals surface area (Å²) in [5.74, 6) is 1.33. The smallest absolute Gasteiger partial charge is 0.216 e. The Labute approximate surface area is 82.1 Å². The third-order valence-corrected chi connectivity index (χ3v) is 3.03. The minimum Gasteiger partial charge on any atom is -0.356 e. The maximum atomic E-state index is 10.8. The Morgan fingerprint density at radius 3 is 2.08 bits per heavy atom. The van der Waals surface area contributed by atoms with Gasteiger partial charge in [-0.15, -0.1) is 0 Å². The second kappa shape index (κ2) is 4.64. The Kier molecular flexibility index (Phi) is 4.45. The van der Waals surface area contributed by atoms with Crippen molar-refractivity contribution in [3.05, 3.63) is 0 Å². The van der Waals surface area contributed by atoms with Crippen LogP contribution in [-0.2, 0) is 4.79 Å². The molecule has 0 heterocycles. The molecule has 0 aliphatic heterocycles. The molecule has 0 aliphatic rings. The largest absolute Gasteiger partial charge is 0.356 e. The molecule has 0 aromatic rings. The van der Waals surface area contributed by atoms with Gasteiger partial charge >= 0.3 is 0 Å². The summed E-state index contributed by atoms with van der Waals surface area (Å²) in [7, 11) is 0. The summed E-state index contributed by atoms with van der Waals surface area (Å²) in [6.07, 6.45) is 0. The van der Waals surface area contributed by atoms with E-state index >= 15 is 0 Å². The van der Waals surface area contributed by atoms with E-state index in [2.05, 4.69) is 39.9 Å². The lowest BCUT2D eigenvalue weighted by Crippen LogP contribution is -2.38. The molecule has 0 fully saturated rings. The molecular formula is C11H23NO. The van der Waals surface area contributed by atoms with Crippen molar-refractivity contribution in [2.75, 3.05) is 6.54 Å². The summed E-state index contributed by atoms with van der Waals surface area (Å²) >= 11 is 0. The van der Waals surface area contributed by atoms with E-state index in [4.69, 9.17) is 0 Å². The van der Waals surface area contributed by atoms with Crippen LogP contribution >= 0.6 is 0 Å². The summed E-state index contributed by atoms with van der Waals surface area (Å²) in [5, 5.41) is 2.88. The number of rotatable bonds is 4. The lowest BCUT2D eigenvalue weighted by atomic mass is 9.74. The maximum Gasteiger partial charge on any atom is 0.216 e. The van der Waals surface area contributed by atoms with Crippen LogP contribution in [0, 0.1) is 17.3 Å². The number of carbonyl (C=O) groups excluding carboxylic acids is 1. The minimum absolute atomic E-state index is 0.0593. The first kappa shape index (κ1) is 12.5. The second-order valence-electron chi connectivity index (χ2n) is 4.93. The van der Waals surface area contributed by atoms with E-state index in [1.807, 2.05) is 0 Å². The first-order chi connectivity index (χ1) is 5.77. The SMILES string of the molecule is CC(=O)NCC(C)(C)C(C)C(C)C. The predicted molar refractivity (Wildman–Crippen MR) is 56.5 cm³/mol. The van der Waals surface area contributed by atoms with Gasteiger partial charge in [0.15, 0.2) is 0 Å². The number of hydrogen-bond acceptors (Lipinski definition) is 1. The van der Waals surface area contributed by atoms with Gasteiger partial charge in [-0.2, -0.15) is 0 Å². The van der Waals surface area contributed by atoms with E-state index in [1.165, 1.54) is 0 Å². The molecule has 1 unspecified atom stereocenters. The van der Waals surface area contributed by atoms with Gasteiger partial charge in [-0.25, -0.2) is 0 Å². The van der Waals surface area contributed by atoms with E-state index in [0.29, 0.717) is 11.8 Å². The van der Waals surface area contributed by atoms with Crippen LogP contribution in [0.4, 0.5) is 0 Å². The van der Waals surface area contributed by atoms with Gasteiger partial charge < -0.3 is 5.32 Å². The van der Waals surface area contributed by atoms with Gasteiger partial charge in [-0.3, -0.25) is 4.79 Å². The zero-order chi connectivity index (χ0) is 10.6. The van der Waals surface area contributed by atoms with E-state index in [0.717, 1.165) is 6.54 Å². The lowest BCUT2D eigenvalue weighted by Gasteiger charge is -2.34. The third kappa shape index (κ3) is 4.30. The fourth-order valence-electron chi connectivity index (χ4n) is 1.42. The molecule has 0 spiro atoms. The molecular weight excluding hydrogens is 162 g/mol. The molecule has 2 heteroatoms. The zero-order valence-corrected chi connectivity index (χ0v) is 9.77. The van der Waals surface area contributed by atoms with Crippen molar-refractivity contribution in [1.82, 2.24) is 5.32 Å². The Morgan fingerprint density at radius 1 is 1.31 bits per heavy atom. The van der Waals surface area contributed by atoms with Crippen LogP contribution in [0.5, 0.6) is 0 Å². The van der Waals surface area contributed by atoms with Crippen molar-refractivity contribution in [1.29, 1.82) is 0 Å². The minimum atomic E-state index is 0.0593. The molecule has 1 N–H and O–H groups in total. The predicted octanol–water partition coefficient (Wildman–Crippen LogP) is 2.44. The molecule has 0 aromatic carbocycles. The lowest BCUT2D eigenvalue weighted by molar-refractivity contribution is -0.119. The van der Waals surface area contributed by atoms with E-state index in [9.17, 15) is 4.79 Å². The molecule has 0 saturated carbocycles. The van der Waals surface area contributed by atoms with Crippen molar-refractivity contribution in [3.8, 4) is 0 Å². The second-order valence-corrected chi connectivity index (χ2v) is 4.93. The van der Waals surface area contributed by atoms with Crippen LogP contribution in [0.1, 0.15) is 41.5 Å². The highest BCUT2D eigenvalue weighted by Gasteiger charge is 2.27. The van der Waals surface area contributed by atoms with Crippen molar-refractivity contribution < 1.29 is 4.79 Å². The molecule has 0 aromatic heterocycles. The topological polar surface area (TPSA) is 29.1 Å². The van der Waals surface area contributed by atoms with Crippen molar-refractivity contribution in [2.24, 2.45) is 17.3 Å². The zero-order valence-electron chi connectivity index (χ0n) is 9.77. The average Bonchev–Trinajstić information content (AvgIpc) is 1.99. The monoisotopic (exact) mass is 185 g/mol. The summed E-state index contributed by atoms with van der Waals surface area (Å²) in [4.78, 5) is 10.8. The van der Waals surface area contributed by atoms with Gasteiger partial charge in [-0.1, -0.05) is 34.6 Å². The fraction of sp³-hybridized carbons (Fsp3) is 0.909. The van der Waals surface area contributed by atoms with Crippen LogP contribution in [0.3, 0.4) is 0 Å². The quantitative estimate of drug-likeness (QED) is 0.716. The number of amides is 1. The standard InChI is InChI=1S/C11H23NO/c1-8(2)9(3)11(5,6)7-12-10(4)13/h8-9H,7H2,1-6H3,(H,12,13). The Hall–Kier alpha value is -0.530. The molecule has 0 radical (unpaired) electrons. The highest BCUT2D eigenvalue weighted by Crippen LogP contribution is 2.31. The Balaban J connectivity index is 4.13. The summed E-state index contributed by atoms with van der Waals surface area (Å²) in [5.41, 5.74) is 0.180. The van der Waals surface area contributed by atoms with Crippen LogP contribution in [0.15, 0.2) is 0 Å². The maximum absolute atomic E-state index is 10.8. The first-order valence-electron chi connectivity index (χ1n) is 5.02. The van der Waals surface area contributed by atoms with Gasteiger partial charge in [0.25, 0.3) is 0 Å². The summed E-state index contributed by atoms with van der Waals surface area (Å²) in [6.45, 7) is 13.4. The van der Waals surface area contributed by atoms with Gasteiger partial charge in [0.1, 0.15) is 0 Å². The van der Waals surface area contributed by atoms with Crippen molar-refractivity contribution in [3.63, 3.8) is 0 Å². The molecule has 0 aliphatic carbocycles. The highest BCUT2D eigenvalue weighted by molar-refractivity contribution is 5.72. The fourth-order valence-corrected chi connectivity index (χ4v) is 1.42. The molecule has 78 valence electrons. The van der Waals surface area contributed by atoms with Crippen LogP contribution < -0.4 is 5.32 Å². The molecule has 1 atom stereocenters. The summed E-state index contributed by atoms with van der Waals surface area (Å²) < 4.78 is 0. The first-order valence-corrected chi connectivity index (χ1v) is 5.02. The van der Waals surface area contributed by atoms with Gasteiger partial charge in [0, 0.05) is 13.5 Å². The van der Waals surface area contributed by atoms with E-state index in [-0.39, 0.29) is 11.3 Å². The van der Waals surface area contributed by atoms with Crippen molar-refractivity contribution >= 4 is 5.91 Å². The van der Waals surface area contributed by atoms with Gasteiger partial charge in [-0.05, 0) is 17.3 Å². The third-order valence-electron chi connectivity index (χ3n) is 3.03. The number of hydrogen-bond donors (Lipinski definition) is 1. The van der Waals surface area contributed by atoms with Gasteiger partial charge in [0.2, 0.25) is 5.91 Å². The van der Waals surface area contributed by atoms with Crippen LogP contribution in [-0.4, -0.2) is 12.5 Å². The molecule has 0 saturated heterocycles. The molecule has 0 rings (SSSR count). The molecule has 1 amide bonds. The highest BCUT2D eigenvalue weighted by atomic mass is 16.1. The molecule has 2 nitrogen and oxygen atoms in total. The van der Waals surface area contributed by atoms with Gasteiger partial charge in [0.05, 0.1) is 0 Å². The number of nitrogens with one attached hydrogen (secondary N) is 1.